The minimum absolute atomic E-state index is 0.0252. The molecular formula is C26H34N6O5. The van der Waals surface area contributed by atoms with E-state index in [4.69, 9.17) is 0 Å². The van der Waals surface area contributed by atoms with Crippen LogP contribution in [0.1, 0.15) is 49.5 Å². The van der Waals surface area contributed by atoms with Crippen LogP contribution in [0, 0.1) is 5.92 Å². The van der Waals surface area contributed by atoms with E-state index in [2.05, 4.69) is 26.4 Å². The monoisotopic (exact) mass is 510 g/mol. The maximum absolute atomic E-state index is 13.5. The van der Waals surface area contributed by atoms with E-state index in [1.807, 2.05) is 30.3 Å². The van der Waals surface area contributed by atoms with Gasteiger partial charge in [-0.05, 0) is 39.2 Å². The van der Waals surface area contributed by atoms with E-state index in [9.17, 15) is 24.0 Å². The molecule has 1 aromatic heterocycles. The number of Topliss-reactive ketones (excluding diaryl/α,β-unsaturated/α-hetero) is 1. The molecule has 1 aliphatic rings. The van der Waals surface area contributed by atoms with Crippen LogP contribution in [0.25, 0.3) is 0 Å². The Morgan fingerprint density at radius 2 is 1.81 bits per heavy atom. The van der Waals surface area contributed by atoms with Crippen LogP contribution in [-0.4, -0.2) is 63.4 Å². The molecule has 0 unspecified atom stereocenters. The van der Waals surface area contributed by atoms with E-state index in [-0.39, 0.29) is 24.3 Å². The molecule has 0 spiro atoms. The van der Waals surface area contributed by atoms with Crippen molar-refractivity contribution in [2.45, 2.75) is 57.7 Å². The molecule has 1 fully saturated rings. The van der Waals surface area contributed by atoms with Crippen molar-refractivity contribution in [2.75, 3.05) is 6.54 Å². The van der Waals surface area contributed by atoms with Crippen molar-refractivity contribution in [1.29, 1.82) is 0 Å². The van der Waals surface area contributed by atoms with Crippen LogP contribution >= 0.6 is 0 Å². The predicted octanol–water partition coefficient (Wildman–Crippen LogP) is 0.256. The summed E-state index contributed by atoms with van der Waals surface area (Å²) in [4.78, 5) is 64.3. The Bertz CT molecular complexity index is 1150. The first-order chi connectivity index (χ1) is 17.4. The van der Waals surface area contributed by atoms with Gasteiger partial charge in [0.1, 0.15) is 6.04 Å². The molecule has 198 valence electrons. The molecule has 1 saturated heterocycles. The normalized spacial score (nSPS) is 16.9. The van der Waals surface area contributed by atoms with Gasteiger partial charge in [0.25, 0.3) is 11.8 Å². The van der Waals surface area contributed by atoms with Gasteiger partial charge >= 0.3 is 0 Å². The van der Waals surface area contributed by atoms with Gasteiger partial charge in [-0.25, -0.2) is 0 Å². The van der Waals surface area contributed by atoms with Gasteiger partial charge in [-0.3, -0.25) is 28.7 Å². The summed E-state index contributed by atoms with van der Waals surface area (Å²) in [5.41, 5.74) is 0.394. The lowest BCUT2D eigenvalue weighted by atomic mass is 9.94. The quantitative estimate of drug-likeness (QED) is 0.337. The third kappa shape index (κ3) is 7.99. The van der Waals surface area contributed by atoms with Gasteiger partial charge in [0.05, 0.1) is 17.8 Å². The number of nitrogens with zero attached hydrogens (tertiary/aromatic N) is 2. The molecule has 4 amide bonds. The van der Waals surface area contributed by atoms with E-state index in [0.717, 1.165) is 5.56 Å². The zero-order chi connectivity index (χ0) is 27.2. The van der Waals surface area contributed by atoms with Gasteiger partial charge in [-0.15, -0.1) is 0 Å². The molecule has 2 aromatic rings. The highest BCUT2D eigenvalue weighted by Crippen LogP contribution is 2.17. The Labute approximate surface area is 215 Å². The number of hydrogen-bond donors (Lipinski definition) is 4. The van der Waals surface area contributed by atoms with Crippen molar-refractivity contribution in [3.8, 4) is 0 Å². The van der Waals surface area contributed by atoms with E-state index in [1.165, 1.54) is 17.1 Å². The van der Waals surface area contributed by atoms with Crippen LogP contribution < -0.4 is 21.3 Å². The second-order valence-corrected chi connectivity index (χ2v) is 10.3. The van der Waals surface area contributed by atoms with Crippen molar-refractivity contribution >= 4 is 29.4 Å². The van der Waals surface area contributed by atoms with E-state index >= 15 is 0 Å². The molecular weight excluding hydrogens is 476 g/mol. The SMILES string of the molecule is Cn1cc(C(=O)N[C@@H](Cc2ccccc2)C(=O)N[C@@H](C[C@@H]2CCNC2=O)C(=O)C(=O)NC(C)(C)C)cn1. The molecule has 0 aliphatic carbocycles. The summed E-state index contributed by atoms with van der Waals surface area (Å²) in [6.07, 6.45) is 3.52. The van der Waals surface area contributed by atoms with Crippen LogP contribution in [0.2, 0.25) is 0 Å². The fourth-order valence-corrected chi connectivity index (χ4v) is 4.06. The minimum atomic E-state index is -1.24. The first-order valence-corrected chi connectivity index (χ1v) is 12.2. The summed E-state index contributed by atoms with van der Waals surface area (Å²) in [6.45, 7) is 5.67. The zero-order valence-electron chi connectivity index (χ0n) is 21.5. The second kappa shape index (κ2) is 11.8. The van der Waals surface area contributed by atoms with Crippen molar-refractivity contribution in [3.63, 3.8) is 0 Å². The summed E-state index contributed by atoms with van der Waals surface area (Å²) in [5, 5.41) is 14.7. The van der Waals surface area contributed by atoms with E-state index in [0.29, 0.717) is 13.0 Å². The van der Waals surface area contributed by atoms with Crippen LogP contribution in [0.5, 0.6) is 0 Å². The number of hydrogen-bond acceptors (Lipinski definition) is 6. The predicted molar refractivity (Wildman–Crippen MR) is 135 cm³/mol. The van der Waals surface area contributed by atoms with Gasteiger partial charge in [0.15, 0.2) is 0 Å². The molecule has 37 heavy (non-hydrogen) atoms. The van der Waals surface area contributed by atoms with Crippen LogP contribution in [0.15, 0.2) is 42.7 Å². The average molecular weight is 511 g/mol. The summed E-state index contributed by atoms with van der Waals surface area (Å²) in [6, 6.07) is 6.81. The Balaban J connectivity index is 1.83. The fraction of sp³-hybridized carbons (Fsp3) is 0.462. The Morgan fingerprint density at radius 3 is 2.38 bits per heavy atom. The zero-order valence-corrected chi connectivity index (χ0v) is 21.5. The average Bonchev–Trinajstić information content (AvgIpc) is 3.45. The fourth-order valence-electron chi connectivity index (χ4n) is 4.06. The smallest absolute Gasteiger partial charge is 0.290 e. The number of rotatable bonds is 10. The molecule has 0 radical (unpaired) electrons. The highest BCUT2D eigenvalue weighted by atomic mass is 16.2. The Hall–Kier alpha value is -4.02. The Morgan fingerprint density at radius 1 is 1.11 bits per heavy atom. The molecule has 1 aliphatic heterocycles. The maximum Gasteiger partial charge on any atom is 0.290 e. The topological polar surface area (TPSA) is 151 Å². The van der Waals surface area contributed by atoms with E-state index < -0.39 is 47.0 Å². The number of amides is 4. The molecule has 11 nitrogen and oxygen atoms in total. The number of aromatic nitrogens is 2. The number of carbonyl (C=O) groups is 5. The number of aryl methyl sites for hydroxylation is 1. The summed E-state index contributed by atoms with van der Waals surface area (Å²) >= 11 is 0. The number of carbonyl (C=O) groups excluding carboxylic acids is 5. The number of ketones is 1. The molecule has 4 N–H and O–H groups in total. The van der Waals surface area contributed by atoms with Crippen molar-refractivity contribution in [1.82, 2.24) is 31.0 Å². The largest absolute Gasteiger partial charge is 0.356 e. The van der Waals surface area contributed by atoms with Gasteiger partial charge in [-0.2, -0.15) is 5.10 Å². The van der Waals surface area contributed by atoms with Crippen LogP contribution in [-0.2, 0) is 32.6 Å². The van der Waals surface area contributed by atoms with Crippen LogP contribution in [0.3, 0.4) is 0 Å². The highest BCUT2D eigenvalue weighted by molar-refractivity contribution is 6.38. The summed E-state index contributed by atoms with van der Waals surface area (Å²) in [5.74, 6) is -3.59. The molecule has 1 aromatic carbocycles. The first kappa shape index (κ1) is 27.6. The Kier molecular flexibility index (Phi) is 8.80. The molecule has 2 heterocycles. The summed E-state index contributed by atoms with van der Waals surface area (Å²) in [7, 11) is 1.67. The number of nitrogens with one attached hydrogen (secondary N) is 4. The summed E-state index contributed by atoms with van der Waals surface area (Å²) < 4.78 is 1.47. The molecule has 0 saturated carbocycles. The minimum Gasteiger partial charge on any atom is -0.356 e. The lowest BCUT2D eigenvalue weighted by Gasteiger charge is -2.26. The molecule has 3 atom stereocenters. The molecule has 0 bridgehead atoms. The number of benzene rings is 1. The first-order valence-electron chi connectivity index (χ1n) is 12.2. The van der Waals surface area contributed by atoms with Crippen LogP contribution in [0.4, 0.5) is 0 Å². The third-order valence-electron chi connectivity index (χ3n) is 5.90. The van der Waals surface area contributed by atoms with Gasteiger partial charge in [-0.1, -0.05) is 30.3 Å². The van der Waals surface area contributed by atoms with Gasteiger partial charge < -0.3 is 21.3 Å². The van der Waals surface area contributed by atoms with Crippen molar-refractivity contribution < 1.29 is 24.0 Å². The van der Waals surface area contributed by atoms with E-state index in [1.54, 1.807) is 27.8 Å². The van der Waals surface area contributed by atoms with Gasteiger partial charge in [0.2, 0.25) is 17.6 Å². The second-order valence-electron chi connectivity index (χ2n) is 10.3. The maximum atomic E-state index is 13.5. The lowest BCUT2D eigenvalue weighted by Crippen LogP contribution is -2.56. The van der Waals surface area contributed by atoms with Crippen molar-refractivity contribution in [3.05, 3.63) is 53.9 Å². The highest BCUT2D eigenvalue weighted by Gasteiger charge is 2.36. The van der Waals surface area contributed by atoms with Gasteiger partial charge in [0, 0.05) is 37.7 Å². The lowest BCUT2D eigenvalue weighted by molar-refractivity contribution is -0.141. The molecule has 3 rings (SSSR count). The van der Waals surface area contributed by atoms with Crippen molar-refractivity contribution in [2.24, 2.45) is 13.0 Å². The molecule has 11 heteroatoms. The standard InChI is InChI=1S/C26H34N6O5/c1-26(2,3)31-25(37)21(33)19(13-17-10-11-27-22(17)34)29-24(36)20(12-16-8-6-5-7-9-16)30-23(35)18-14-28-32(4)15-18/h5-9,14-15,17,19-20H,10-13H2,1-4H3,(H,27,34)(H,29,36)(H,30,35)(H,31,37)/t17-,19-,20-/m0/s1. The third-order valence-corrected chi connectivity index (χ3v) is 5.90.